The van der Waals surface area contributed by atoms with Crippen LogP contribution < -0.4 is 0 Å². The van der Waals surface area contributed by atoms with E-state index in [0.29, 0.717) is 5.75 Å². The Morgan fingerprint density at radius 2 is 1.56 bits per heavy atom. The topological polar surface area (TPSA) is 40.5 Å². The number of aromatic hydroxyl groups is 1. The van der Waals surface area contributed by atoms with Crippen LogP contribution in [0.5, 0.6) is 5.75 Å². The highest BCUT2D eigenvalue weighted by atomic mass is 28.4. The van der Waals surface area contributed by atoms with Gasteiger partial charge in [0.25, 0.3) is 0 Å². The predicted octanol–water partition coefficient (Wildman–Crippen LogP) is 3.92. The van der Waals surface area contributed by atoms with E-state index in [1.807, 2.05) is 39.1 Å². The molecule has 0 spiro atoms. The van der Waals surface area contributed by atoms with Crippen molar-refractivity contribution < 1.29 is 9.90 Å². The molecule has 2 nitrogen and oxygen atoms in total. The molecule has 102 valence electrons. The highest BCUT2D eigenvalue weighted by Gasteiger charge is 2.37. The summed E-state index contributed by atoms with van der Waals surface area (Å²) in [6.07, 6.45) is 1.93. The summed E-state index contributed by atoms with van der Waals surface area (Å²) in [5.41, 5.74) is 3.11. The maximum atomic E-state index is 10.3. The molecule has 0 bridgehead atoms. The Balaban J connectivity index is 2.82. The van der Waals surface area contributed by atoms with Gasteiger partial charge in [0, 0.05) is 0 Å². The van der Waals surface area contributed by atoms with Gasteiger partial charge in [-0.15, -0.1) is 0 Å². The Kier molecular flexibility index (Phi) is 4.29. The molecule has 0 saturated heterocycles. The van der Waals surface area contributed by atoms with Crippen LogP contribution >= 0.6 is 0 Å². The van der Waals surface area contributed by atoms with Crippen LogP contribution in [0.25, 0.3) is 0 Å². The molecular formula is C15H26O2Si. The highest BCUT2D eigenvalue weighted by Crippen LogP contribution is 2.40. The first-order valence-electron chi connectivity index (χ1n) is 6.56. The minimum absolute atomic E-state index is 0.00664. The second-order valence-corrected chi connectivity index (χ2v) is 11.0. The molecule has 1 aromatic rings. The Morgan fingerprint density at radius 1 is 1.11 bits per heavy atom. The Bertz CT molecular complexity index is 408. The van der Waals surface area contributed by atoms with Crippen LogP contribution in [0.1, 0.15) is 37.0 Å². The summed E-state index contributed by atoms with van der Waals surface area (Å²) >= 11 is 0. The van der Waals surface area contributed by atoms with E-state index in [4.69, 9.17) is 0 Å². The van der Waals surface area contributed by atoms with E-state index in [1.165, 1.54) is 5.56 Å². The molecule has 0 aliphatic carbocycles. The molecule has 0 aromatic heterocycles. The fourth-order valence-electron chi connectivity index (χ4n) is 1.95. The average molecular weight is 266 g/mol. The number of phenolic OH excluding ortho intramolecular Hbond substituents is 1. The molecule has 1 rings (SSSR count). The van der Waals surface area contributed by atoms with Crippen molar-refractivity contribution in [2.45, 2.75) is 58.7 Å². The molecule has 18 heavy (non-hydrogen) atoms. The van der Waals surface area contributed by atoms with Crippen molar-refractivity contribution in [3.63, 3.8) is 0 Å². The standard InChI is InChI=1S/C15H26O2Si/c1-11-9-13(10-12(2)14(11)16)7-8-15(3,4)18(5,6)17/h9-10,16-17H,7-8H2,1-6H3. The smallest absolute Gasteiger partial charge is 0.188 e. The lowest BCUT2D eigenvalue weighted by atomic mass is 9.98. The number of hydrogen-bond acceptors (Lipinski definition) is 2. The summed E-state index contributed by atoms with van der Waals surface area (Å²) in [5.74, 6) is 0.398. The second-order valence-electron chi connectivity index (χ2n) is 6.52. The van der Waals surface area contributed by atoms with Crippen LogP contribution in [0, 0.1) is 13.8 Å². The van der Waals surface area contributed by atoms with Crippen LogP contribution in [0.2, 0.25) is 18.1 Å². The van der Waals surface area contributed by atoms with Crippen LogP contribution in [0.3, 0.4) is 0 Å². The third-order valence-corrected chi connectivity index (χ3v) is 7.81. The molecule has 0 saturated carbocycles. The zero-order valence-electron chi connectivity index (χ0n) is 12.5. The number of benzene rings is 1. The monoisotopic (exact) mass is 266 g/mol. The van der Waals surface area contributed by atoms with Gasteiger partial charge >= 0.3 is 0 Å². The van der Waals surface area contributed by atoms with E-state index in [1.54, 1.807) is 0 Å². The number of rotatable bonds is 4. The van der Waals surface area contributed by atoms with Crippen molar-refractivity contribution >= 4 is 8.32 Å². The lowest BCUT2D eigenvalue weighted by molar-refractivity contribution is 0.450. The number of phenols is 1. The molecule has 1 aromatic carbocycles. The van der Waals surface area contributed by atoms with Crippen molar-refractivity contribution in [3.8, 4) is 5.75 Å². The normalized spacial score (nSPS) is 12.8. The zero-order chi connectivity index (χ0) is 14.1. The maximum absolute atomic E-state index is 10.3. The SMILES string of the molecule is Cc1cc(CCC(C)(C)[Si](C)(C)O)cc(C)c1O. The summed E-state index contributed by atoms with van der Waals surface area (Å²) in [5, 5.41) is 9.76. The van der Waals surface area contributed by atoms with Gasteiger partial charge in [0.05, 0.1) is 0 Å². The summed E-state index contributed by atoms with van der Waals surface area (Å²) in [7, 11) is -2.13. The fourth-order valence-corrected chi connectivity index (χ4v) is 2.69. The summed E-state index contributed by atoms with van der Waals surface area (Å²) < 4.78 is 0. The molecule has 0 aliphatic heterocycles. The molecule has 0 heterocycles. The van der Waals surface area contributed by atoms with Crippen molar-refractivity contribution in [2.24, 2.45) is 0 Å². The molecular weight excluding hydrogens is 240 g/mol. The third-order valence-electron chi connectivity index (χ3n) is 4.25. The Hall–Kier alpha value is -0.803. The second kappa shape index (κ2) is 5.06. The van der Waals surface area contributed by atoms with Crippen molar-refractivity contribution in [1.82, 2.24) is 0 Å². The van der Waals surface area contributed by atoms with Gasteiger partial charge in [-0.2, -0.15) is 0 Å². The molecule has 0 unspecified atom stereocenters. The summed E-state index contributed by atoms with van der Waals surface area (Å²) in [6, 6.07) is 4.09. The summed E-state index contributed by atoms with van der Waals surface area (Å²) in [4.78, 5) is 10.3. The number of aryl methyl sites for hydroxylation is 3. The quantitative estimate of drug-likeness (QED) is 0.811. The average Bonchev–Trinajstić information content (AvgIpc) is 2.21. The lowest BCUT2D eigenvalue weighted by Crippen LogP contribution is -2.39. The van der Waals surface area contributed by atoms with Crippen molar-refractivity contribution in [2.75, 3.05) is 0 Å². The van der Waals surface area contributed by atoms with Crippen LogP contribution in [-0.4, -0.2) is 18.2 Å². The van der Waals surface area contributed by atoms with Crippen LogP contribution in [0.4, 0.5) is 0 Å². The lowest BCUT2D eigenvalue weighted by Gasteiger charge is -2.35. The Labute approximate surface area is 112 Å². The Morgan fingerprint density at radius 3 is 1.94 bits per heavy atom. The van der Waals surface area contributed by atoms with E-state index in [-0.39, 0.29) is 5.04 Å². The first-order chi connectivity index (χ1) is 8.04. The fraction of sp³-hybridized carbons (Fsp3) is 0.600. The predicted molar refractivity (Wildman–Crippen MR) is 79.6 cm³/mol. The van der Waals surface area contributed by atoms with Gasteiger partial charge in [-0.1, -0.05) is 26.0 Å². The maximum Gasteiger partial charge on any atom is 0.188 e. The van der Waals surface area contributed by atoms with Crippen LogP contribution in [-0.2, 0) is 6.42 Å². The zero-order valence-corrected chi connectivity index (χ0v) is 13.5. The van der Waals surface area contributed by atoms with E-state index in [9.17, 15) is 9.90 Å². The third kappa shape index (κ3) is 3.36. The van der Waals surface area contributed by atoms with E-state index in [0.717, 1.165) is 24.0 Å². The molecule has 0 atom stereocenters. The van der Waals surface area contributed by atoms with E-state index < -0.39 is 8.32 Å². The molecule has 0 radical (unpaired) electrons. The largest absolute Gasteiger partial charge is 0.507 e. The highest BCUT2D eigenvalue weighted by molar-refractivity contribution is 6.72. The van der Waals surface area contributed by atoms with Gasteiger partial charge in [0.1, 0.15) is 5.75 Å². The number of hydrogen-bond donors (Lipinski definition) is 2. The molecule has 0 amide bonds. The van der Waals surface area contributed by atoms with Gasteiger partial charge < -0.3 is 9.90 Å². The van der Waals surface area contributed by atoms with Crippen molar-refractivity contribution in [1.29, 1.82) is 0 Å². The first kappa shape index (κ1) is 15.3. The van der Waals surface area contributed by atoms with Crippen molar-refractivity contribution in [3.05, 3.63) is 28.8 Å². The first-order valence-corrected chi connectivity index (χ1v) is 9.51. The molecule has 0 aliphatic rings. The molecule has 3 heteroatoms. The van der Waals surface area contributed by atoms with Gasteiger partial charge in [0.15, 0.2) is 8.32 Å². The minimum Gasteiger partial charge on any atom is -0.507 e. The van der Waals surface area contributed by atoms with Gasteiger partial charge in [-0.25, -0.2) is 0 Å². The minimum atomic E-state index is -2.13. The van der Waals surface area contributed by atoms with E-state index >= 15 is 0 Å². The molecule has 0 fully saturated rings. The van der Waals surface area contributed by atoms with Gasteiger partial charge in [-0.3, -0.25) is 0 Å². The van der Waals surface area contributed by atoms with Gasteiger partial charge in [0.2, 0.25) is 0 Å². The van der Waals surface area contributed by atoms with Gasteiger partial charge in [-0.05, 0) is 61.5 Å². The molecule has 2 N–H and O–H groups in total. The van der Waals surface area contributed by atoms with E-state index in [2.05, 4.69) is 13.8 Å². The van der Waals surface area contributed by atoms with Crippen LogP contribution in [0.15, 0.2) is 12.1 Å². The summed E-state index contributed by atoms with van der Waals surface area (Å²) in [6.45, 7) is 12.2.